The molecule has 0 aliphatic heterocycles. The molecule has 5 nitrogen and oxygen atoms in total. The summed E-state index contributed by atoms with van der Waals surface area (Å²) < 4.78 is 8.71. The third kappa shape index (κ3) is 4.52. The maximum atomic E-state index is 6.36. The Morgan fingerprint density at radius 2 is 0.960 bits per heavy atom. The van der Waals surface area contributed by atoms with Crippen LogP contribution in [0.5, 0.6) is 0 Å². The molecule has 50 heavy (non-hydrogen) atoms. The molecular weight excluding hydrogens is 613 g/mol. The van der Waals surface area contributed by atoms with Gasteiger partial charge >= 0.3 is 0 Å². The number of furan rings is 1. The molecule has 234 valence electrons. The first-order chi connectivity index (χ1) is 24.8. The molecule has 0 amide bonds. The van der Waals surface area contributed by atoms with E-state index in [0.717, 1.165) is 77.2 Å². The van der Waals surface area contributed by atoms with Crippen LogP contribution < -0.4 is 0 Å². The number of rotatable bonds is 5. The monoisotopic (exact) mass is 640 g/mol. The second-order valence-electron chi connectivity index (χ2n) is 12.4. The van der Waals surface area contributed by atoms with E-state index in [-0.39, 0.29) is 0 Å². The summed E-state index contributed by atoms with van der Waals surface area (Å²) in [7, 11) is 0. The van der Waals surface area contributed by atoms with Crippen LogP contribution in [0.2, 0.25) is 0 Å². The zero-order valence-electron chi connectivity index (χ0n) is 26.9. The number of fused-ring (bicyclic) bond motifs is 7. The molecule has 0 aliphatic rings. The summed E-state index contributed by atoms with van der Waals surface area (Å²) in [5, 5.41) is 4.54. The SMILES string of the molecule is c1ccc(-c2ccc(-n3c4ccccc4c4c5c(ccc43)oc3ccccc35)c(-c3nc(-c4ccccc4)nc(-c4ccccc4)n3)c2)cc1. The van der Waals surface area contributed by atoms with Gasteiger partial charge in [-0.3, -0.25) is 0 Å². The van der Waals surface area contributed by atoms with Crippen molar-refractivity contribution < 1.29 is 4.42 Å². The number of benzene rings is 7. The molecule has 0 atom stereocenters. The molecule has 5 heteroatoms. The molecule has 0 aliphatic carbocycles. The fraction of sp³-hybridized carbons (Fsp3) is 0. The Balaban J connectivity index is 1.31. The van der Waals surface area contributed by atoms with Crippen LogP contribution in [-0.2, 0) is 0 Å². The molecule has 0 saturated carbocycles. The lowest BCUT2D eigenvalue weighted by Crippen LogP contribution is -2.04. The third-order valence-electron chi connectivity index (χ3n) is 9.46. The molecule has 0 radical (unpaired) electrons. The lowest BCUT2D eigenvalue weighted by molar-refractivity contribution is 0.669. The van der Waals surface area contributed by atoms with Crippen LogP contribution in [0.1, 0.15) is 0 Å². The smallest absolute Gasteiger partial charge is 0.166 e. The Bertz CT molecular complexity index is 2800. The van der Waals surface area contributed by atoms with E-state index in [0.29, 0.717) is 17.5 Å². The van der Waals surface area contributed by atoms with E-state index in [9.17, 15) is 0 Å². The van der Waals surface area contributed by atoms with Gasteiger partial charge in [0, 0.05) is 38.2 Å². The van der Waals surface area contributed by atoms with E-state index in [4.69, 9.17) is 19.4 Å². The second-order valence-corrected chi connectivity index (χ2v) is 12.4. The Hall–Kier alpha value is -6.85. The van der Waals surface area contributed by atoms with Gasteiger partial charge in [0.05, 0.1) is 16.7 Å². The minimum atomic E-state index is 0.603. The molecular formula is C45H28N4O. The zero-order valence-corrected chi connectivity index (χ0v) is 26.9. The van der Waals surface area contributed by atoms with E-state index in [1.54, 1.807) is 0 Å². The van der Waals surface area contributed by atoms with Gasteiger partial charge in [-0.1, -0.05) is 133 Å². The summed E-state index contributed by atoms with van der Waals surface area (Å²) in [5.41, 5.74) is 9.88. The van der Waals surface area contributed by atoms with Gasteiger partial charge < -0.3 is 8.98 Å². The number of aromatic nitrogens is 4. The molecule has 0 N–H and O–H groups in total. The van der Waals surface area contributed by atoms with Crippen LogP contribution >= 0.6 is 0 Å². The zero-order chi connectivity index (χ0) is 33.0. The second kappa shape index (κ2) is 11.4. The summed E-state index contributed by atoms with van der Waals surface area (Å²) in [5.74, 6) is 1.85. The van der Waals surface area contributed by atoms with E-state index in [1.165, 1.54) is 0 Å². The van der Waals surface area contributed by atoms with Crippen molar-refractivity contribution in [3.63, 3.8) is 0 Å². The molecule has 0 bridgehead atoms. The van der Waals surface area contributed by atoms with Gasteiger partial charge in [-0.25, -0.2) is 15.0 Å². The normalized spacial score (nSPS) is 11.6. The first-order valence-corrected chi connectivity index (χ1v) is 16.7. The van der Waals surface area contributed by atoms with Crippen molar-refractivity contribution in [3.05, 3.63) is 170 Å². The van der Waals surface area contributed by atoms with Crippen LogP contribution in [0.25, 0.3) is 94.7 Å². The topological polar surface area (TPSA) is 56.7 Å². The summed E-state index contributed by atoms with van der Waals surface area (Å²) in [6, 6.07) is 58.5. The van der Waals surface area contributed by atoms with E-state index < -0.39 is 0 Å². The molecule has 3 aromatic heterocycles. The lowest BCUT2D eigenvalue weighted by atomic mass is 10.0. The predicted octanol–water partition coefficient (Wildman–Crippen LogP) is 11.5. The lowest BCUT2D eigenvalue weighted by Gasteiger charge is -2.16. The van der Waals surface area contributed by atoms with Crippen LogP contribution in [0.15, 0.2) is 174 Å². The summed E-state index contributed by atoms with van der Waals surface area (Å²) in [6.45, 7) is 0. The molecule has 0 saturated heterocycles. The van der Waals surface area contributed by atoms with Crippen LogP contribution in [0.4, 0.5) is 0 Å². The maximum Gasteiger partial charge on any atom is 0.166 e. The van der Waals surface area contributed by atoms with Gasteiger partial charge in [-0.2, -0.15) is 0 Å². The highest BCUT2D eigenvalue weighted by Crippen LogP contribution is 2.43. The number of hydrogen-bond donors (Lipinski definition) is 0. The first kappa shape index (κ1) is 28.2. The highest BCUT2D eigenvalue weighted by molar-refractivity contribution is 6.27. The Morgan fingerprint density at radius 1 is 0.380 bits per heavy atom. The molecule has 3 heterocycles. The fourth-order valence-corrected chi connectivity index (χ4v) is 7.18. The van der Waals surface area contributed by atoms with Gasteiger partial charge in [0.15, 0.2) is 17.5 Å². The largest absolute Gasteiger partial charge is 0.456 e. The van der Waals surface area contributed by atoms with Gasteiger partial charge in [0.2, 0.25) is 0 Å². The van der Waals surface area contributed by atoms with Gasteiger partial charge in [-0.05, 0) is 47.5 Å². The van der Waals surface area contributed by atoms with Gasteiger partial charge in [-0.15, -0.1) is 0 Å². The Morgan fingerprint density at radius 3 is 1.66 bits per heavy atom. The number of nitrogens with zero attached hydrogens (tertiary/aromatic N) is 4. The highest BCUT2D eigenvalue weighted by Gasteiger charge is 2.22. The average molecular weight is 641 g/mol. The van der Waals surface area contributed by atoms with Crippen molar-refractivity contribution in [1.82, 2.24) is 19.5 Å². The molecule has 7 aromatic carbocycles. The number of hydrogen-bond acceptors (Lipinski definition) is 4. The average Bonchev–Trinajstić information content (AvgIpc) is 3.74. The van der Waals surface area contributed by atoms with E-state index in [1.807, 2.05) is 78.9 Å². The van der Waals surface area contributed by atoms with Crippen LogP contribution in [0.3, 0.4) is 0 Å². The van der Waals surface area contributed by atoms with Gasteiger partial charge in [0.1, 0.15) is 11.2 Å². The third-order valence-corrected chi connectivity index (χ3v) is 9.46. The van der Waals surface area contributed by atoms with E-state index >= 15 is 0 Å². The highest BCUT2D eigenvalue weighted by atomic mass is 16.3. The van der Waals surface area contributed by atoms with Gasteiger partial charge in [0.25, 0.3) is 0 Å². The quantitative estimate of drug-likeness (QED) is 0.188. The van der Waals surface area contributed by atoms with Crippen LogP contribution in [-0.4, -0.2) is 19.5 Å². The van der Waals surface area contributed by atoms with Crippen molar-refractivity contribution in [1.29, 1.82) is 0 Å². The first-order valence-electron chi connectivity index (χ1n) is 16.7. The predicted molar refractivity (Wildman–Crippen MR) is 203 cm³/mol. The summed E-state index contributed by atoms with van der Waals surface area (Å²) in [4.78, 5) is 15.4. The minimum Gasteiger partial charge on any atom is -0.456 e. The van der Waals surface area contributed by atoms with Crippen molar-refractivity contribution in [2.24, 2.45) is 0 Å². The van der Waals surface area contributed by atoms with Crippen molar-refractivity contribution in [3.8, 4) is 51.0 Å². The van der Waals surface area contributed by atoms with Crippen molar-refractivity contribution in [2.75, 3.05) is 0 Å². The van der Waals surface area contributed by atoms with Crippen molar-refractivity contribution in [2.45, 2.75) is 0 Å². The van der Waals surface area contributed by atoms with Crippen molar-refractivity contribution >= 4 is 43.7 Å². The standard InChI is InChI=1S/C45H28N4O/c1-4-14-29(15-5-1)32-24-25-37(35(28-32)45-47-43(30-16-6-2-7-17-30)46-44(48-45)31-18-8-3-9-19-31)49-36-22-12-10-20-33(36)41-38(49)26-27-40-42(41)34-21-11-13-23-39(34)50-40/h1-28H. The summed E-state index contributed by atoms with van der Waals surface area (Å²) in [6.07, 6.45) is 0. The Labute approximate surface area is 287 Å². The fourth-order valence-electron chi connectivity index (χ4n) is 7.18. The molecule has 0 fully saturated rings. The van der Waals surface area contributed by atoms with Crippen LogP contribution in [0, 0.1) is 0 Å². The molecule has 10 aromatic rings. The Kier molecular flexibility index (Phi) is 6.42. The summed E-state index contributed by atoms with van der Waals surface area (Å²) >= 11 is 0. The molecule has 0 unspecified atom stereocenters. The maximum absolute atomic E-state index is 6.36. The minimum absolute atomic E-state index is 0.603. The van der Waals surface area contributed by atoms with E-state index in [2.05, 4.69) is 95.6 Å². The molecule has 10 rings (SSSR count). The number of para-hydroxylation sites is 2. The molecule has 0 spiro atoms.